The number of aliphatic hydroxyl groups is 1. The van der Waals surface area contributed by atoms with E-state index in [0.717, 1.165) is 5.75 Å². The third-order valence-electron chi connectivity index (χ3n) is 2.75. The summed E-state index contributed by atoms with van der Waals surface area (Å²) >= 11 is 0. The van der Waals surface area contributed by atoms with Gasteiger partial charge in [0, 0.05) is 11.8 Å². The highest BCUT2D eigenvalue weighted by molar-refractivity contribution is 8.77. The second-order valence-corrected chi connectivity index (χ2v) is 6.19. The Labute approximate surface area is 81.5 Å². The lowest BCUT2D eigenvalue weighted by Gasteiger charge is -2.26. The Hall–Kier alpha value is 0.620. The van der Waals surface area contributed by atoms with Gasteiger partial charge in [-0.2, -0.15) is 0 Å². The molecule has 12 heavy (non-hydrogen) atoms. The Kier molecular flexibility index (Phi) is 2.89. The smallest absolute Gasteiger partial charge is 0.0780 e. The molecule has 1 N–H and O–H groups in total. The van der Waals surface area contributed by atoms with Gasteiger partial charge in [0.1, 0.15) is 0 Å². The van der Waals surface area contributed by atoms with E-state index in [4.69, 9.17) is 0 Å². The van der Waals surface area contributed by atoms with Crippen molar-refractivity contribution in [3.05, 3.63) is 0 Å². The summed E-state index contributed by atoms with van der Waals surface area (Å²) < 4.78 is 0. The molecule has 0 radical (unpaired) electrons. The standard InChI is InChI=1S/C8H15NOS2/c1-9-4-2-3-6(9)8-7(10)5-11-12-8/h6-8,10H,2-5H2,1H3/t6-,7-,8-/m1/s1. The van der Waals surface area contributed by atoms with Gasteiger partial charge in [-0.25, -0.2) is 0 Å². The molecule has 4 heteroatoms. The van der Waals surface area contributed by atoms with Crippen LogP contribution in [0, 0.1) is 0 Å². The first kappa shape index (κ1) is 9.19. The van der Waals surface area contributed by atoms with Gasteiger partial charge in [-0.3, -0.25) is 0 Å². The van der Waals surface area contributed by atoms with E-state index in [1.807, 2.05) is 21.6 Å². The maximum atomic E-state index is 9.70. The van der Waals surface area contributed by atoms with Crippen LogP contribution in [0.3, 0.4) is 0 Å². The lowest BCUT2D eigenvalue weighted by Crippen LogP contribution is -2.39. The van der Waals surface area contributed by atoms with Gasteiger partial charge in [0.2, 0.25) is 0 Å². The van der Waals surface area contributed by atoms with Gasteiger partial charge in [-0.15, -0.1) is 0 Å². The van der Waals surface area contributed by atoms with Crippen LogP contribution in [-0.2, 0) is 0 Å². The molecule has 2 aliphatic heterocycles. The molecule has 0 aromatic carbocycles. The molecule has 0 unspecified atom stereocenters. The zero-order valence-corrected chi connectivity index (χ0v) is 8.90. The molecule has 2 fully saturated rings. The quantitative estimate of drug-likeness (QED) is 0.650. The van der Waals surface area contributed by atoms with Crippen molar-refractivity contribution in [3.63, 3.8) is 0 Å². The lowest BCUT2D eigenvalue weighted by atomic mass is 10.1. The molecule has 2 nitrogen and oxygen atoms in total. The predicted octanol–water partition coefficient (Wildman–Crippen LogP) is 1.21. The molecular weight excluding hydrogens is 190 g/mol. The molecule has 2 aliphatic rings. The molecule has 0 amide bonds. The van der Waals surface area contributed by atoms with Gasteiger partial charge >= 0.3 is 0 Å². The molecule has 2 heterocycles. The third kappa shape index (κ3) is 1.62. The Morgan fingerprint density at radius 3 is 2.83 bits per heavy atom. The highest BCUT2D eigenvalue weighted by Crippen LogP contribution is 2.42. The fourth-order valence-electron chi connectivity index (χ4n) is 2.02. The molecule has 0 saturated carbocycles. The minimum atomic E-state index is -0.0782. The van der Waals surface area contributed by atoms with Crippen LogP contribution in [0.1, 0.15) is 12.8 Å². The minimum Gasteiger partial charge on any atom is -0.391 e. The van der Waals surface area contributed by atoms with Crippen LogP contribution in [0.15, 0.2) is 0 Å². The molecule has 2 rings (SSSR count). The maximum absolute atomic E-state index is 9.70. The molecule has 0 aromatic rings. The van der Waals surface area contributed by atoms with Crippen molar-refractivity contribution in [1.82, 2.24) is 4.90 Å². The molecule has 70 valence electrons. The fourth-order valence-corrected chi connectivity index (χ4v) is 5.31. The molecule has 2 saturated heterocycles. The second-order valence-electron chi connectivity index (χ2n) is 3.60. The summed E-state index contributed by atoms with van der Waals surface area (Å²) in [7, 11) is 5.87. The Morgan fingerprint density at radius 1 is 1.50 bits per heavy atom. The van der Waals surface area contributed by atoms with Crippen molar-refractivity contribution in [2.45, 2.75) is 30.2 Å². The van der Waals surface area contributed by atoms with Crippen LogP contribution < -0.4 is 0 Å². The van der Waals surface area contributed by atoms with Crippen molar-refractivity contribution < 1.29 is 5.11 Å². The SMILES string of the molecule is CN1CCC[C@@H]1[C@H]1SSC[C@H]1O. The molecule has 0 spiro atoms. The number of likely N-dealkylation sites (tertiary alicyclic amines) is 1. The predicted molar refractivity (Wildman–Crippen MR) is 55.5 cm³/mol. The summed E-state index contributed by atoms with van der Waals surface area (Å²) in [5.41, 5.74) is 0. The van der Waals surface area contributed by atoms with E-state index in [-0.39, 0.29) is 6.10 Å². The highest BCUT2D eigenvalue weighted by atomic mass is 33.1. The monoisotopic (exact) mass is 205 g/mol. The van der Waals surface area contributed by atoms with Gasteiger partial charge in [-0.1, -0.05) is 21.6 Å². The van der Waals surface area contributed by atoms with Crippen LogP contribution in [0.4, 0.5) is 0 Å². The lowest BCUT2D eigenvalue weighted by molar-refractivity contribution is 0.159. The Bertz CT molecular complexity index is 149. The summed E-state index contributed by atoms with van der Waals surface area (Å²) in [6.07, 6.45) is 2.49. The summed E-state index contributed by atoms with van der Waals surface area (Å²) in [5.74, 6) is 0.916. The summed E-state index contributed by atoms with van der Waals surface area (Å²) in [6, 6.07) is 0.625. The van der Waals surface area contributed by atoms with E-state index < -0.39 is 0 Å². The molecule has 0 bridgehead atoms. The van der Waals surface area contributed by atoms with Gasteiger partial charge in [0.25, 0.3) is 0 Å². The van der Waals surface area contributed by atoms with E-state index in [0.29, 0.717) is 11.3 Å². The second kappa shape index (κ2) is 3.78. The number of hydrogen-bond donors (Lipinski definition) is 1. The Morgan fingerprint density at radius 2 is 2.33 bits per heavy atom. The number of rotatable bonds is 1. The maximum Gasteiger partial charge on any atom is 0.0780 e. The normalized spacial score (nSPS) is 44.0. The molecule has 0 aromatic heterocycles. The third-order valence-corrected chi connectivity index (χ3v) is 5.70. The Balaban J connectivity index is 1.98. The van der Waals surface area contributed by atoms with Crippen LogP contribution >= 0.6 is 21.6 Å². The van der Waals surface area contributed by atoms with Crippen molar-refractivity contribution >= 4 is 21.6 Å². The largest absolute Gasteiger partial charge is 0.391 e. The summed E-state index contributed by atoms with van der Waals surface area (Å²) in [5, 5.41) is 10.2. The van der Waals surface area contributed by atoms with Crippen molar-refractivity contribution in [3.8, 4) is 0 Å². The highest BCUT2D eigenvalue weighted by Gasteiger charge is 2.37. The van der Waals surface area contributed by atoms with Crippen molar-refractivity contribution in [1.29, 1.82) is 0 Å². The van der Waals surface area contributed by atoms with E-state index in [9.17, 15) is 5.11 Å². The fraction of sp³-hybridized carbons (Fsp3) is 1.00. The van der Waals surface area contributed by atoms with Gasteiger partial charge in [-0.05, 0) is 26.4 Å². The average Bonchev–Trinajstić information content (AvgIpc) is 2.59. The molecule has 0 aliphatic carbocycles. The van der Waals surface area contributed by atoms with E-state index in [2.05, 4.69) is 11.9 Å². The number of nitrogens with zero attached hydrogens (tertiary/aromatic N) is 1. The van der Waals surface area contributed by atoms with Crippen LogP contribution in [-0.4, -0.2) is 46.7 Å². The van der Waals surface area contributed by atoms with Gasteiger partial charge in [0.15, 0.2) is 0 Å². The summed E-state index contributed by atoms with van der Waals surface area (Å²) in [6.45, 7) is 1.21. The van der Waals surface area contributed by atoms with Crippen LogP contribution in [0.25, 0.3) is 0 Å². The van der Waals surface area contributed by atoms with E-state index in [1.54, 1.807) is 0 Å². The molecular formula is C8H15NOS2. The number of hydrogen-bond acceptors (Lipinski definition) is 4. The first-order valence-electron chi connectivity index (χ1n) is 4.45. The minimum absolute atomic E-state index is 0.0782. The van der Waals surface area contributed by atoms with E-state index in [1.165, 1.54) is 19.4 Å². The molecule has 3 atom stereocenters. The topological polar surface area (TPSA) is 23.5 Å². The number of aliphatic hydroxyl groups excluding tert-OH is 1. The first-order valence-corrected chi connectivity index (χ1v) is 6.84. The van der Waals surface area contributed by atoms with Gasteiger partial charge in [0.05, 0.1) is 11.4 Å². The summed E-state index contributed by atoms with van der Waals surface area (Å²) in [4.78, 5) is 2.40. The zero-order chi connectivity index (χ0) is 8.55. The van der Waals surface area contributed by atoms with E-state index >= 15 is 0 Å². The van der Waals surface area contributed by atoms with Crippen molar-refractivity contribution in [2.75, 3.05) is 19.3 Å². The van der Waals surface area contributed by atoms with Crippen molar-refractivity contribution in [2.24, 2.45) is 0 Å². The first-order chi connectivity index (χ1) is 5.79. The van der Waals surface area contributed by atoms with Gasteiger partial charge < -0.3 is 10.0 Å². The van der Waals surface area contributed by atoms with Crippen LogP contribution in [0.5, 0.6) is 0 Å². The van der Waals surface area contributed by atoms with Crippen LogP contribution in [0.2, 0.25) is 0 Å². The average molecular weight is 205 g/mol. The zero-order valence-electron chi connectivity index (χ0n) is 7.27.